The molecule has 2 amide bonds. The summed E-state index contributed by atoms with van der Waals surface area (Å²) < 4.78 is 65.9. The number of thiazole rings is 1. The Morgan fingerprint density at radius 3 is 1.85 bits per heavy atom. The van der Waals surface area contributed by atoms with Crippen molar-refractivity contribution in [2.24, 2.45) is 5.16 Å². The minimum Gasteiger partial charge on any atom is -0.497 e. The van der Waals surface area contributed by atoms with Gasteiger partial charge in [0.2, 0.25) is 5.43 Å². The number of fused-ring (bicyclic) bond motifs is 2. The summed E-state index contributed by atoms with van der Waals surface area (Å²) in [5.74, 6) is -7.68. The molecule has 0 spiro atoms. The number of β-lactam (4-membered cyclic amide) rings is 1. The number of aromatic nitrogens is 1. The number of ether oxygens (including phenoxy) is 4. The molecule has 6 aromatic carbocycles. The number of thioether (sulfide) groups is 2. The van der Waals surface area contributed by atoms with E-state index in [1.165, 1.54) is 49.3 Å². The first-order chi connectivity index (χ1) is 39.3. The van der Waals surface area contributed by atoms with Crippen LogP contribution in [0.15, 0.2) is 176 Å². The van der Waals surface area contributed by atoms with E-state index in [4.69, 9.17) is 28.8 Å². The van der Waals surface area contributed by atoms with Crippen molar-refractivity contribution in [3.63, 3.8) is 0 Å². The number of carbonyl (C=O) groups is 4. The maximum absolute atomic E-state index is 15.5. The van der Waals surface area contributed by atoms with Crippen LogP contribution in [0.1, 0.15) is 43.9 Å². The standard InChI is InChI=1S/C59H46F3N5O10S4/c1-73-39-23-19-33(20-24-39)28-76-55(71)44-50(68)41-27-42(60)45(61)46(62)51(41)81-57(44)79-31-35-30-78-54-48(53(70)67(54)49(35)56(72)77-29-34-21-25-40(74-2)26-22-34)64-52(69)47(66-75-3)43-32-80-58(63-43)65-59(36-13-7-4-8-14-36,37-15-9-5-10-16-37)38-17-11-6-12-18-38/h4-27,32,48,54H,28-31H2,1-3H3,(H,63,65)(H,64,69)/b66-47-/t48?,54-/m0/s1. The van der Waals surface area contributed by atoms with Gasteiger partial charge in [0.15, 0.2) is 28.3 Å². The summed E-state index contributed by atoms with van der Waals surface area (Å²) in [5, 5.41) is 11.1. The van der Waals surface area contributed by atoms with Crippen molar-refractivity contribution >= 4 is 90.9 Å². The average Bonchev–Trinajstić information content (AvgIpc) is 4.01. The highest BCUT2D eigenvalue weighted by Crippen LogP contribution is 2.44. The quantitative estimate of drug-likeness (QED) is 0.0140. The number of carbonyl (C=O) groups excluding carboxylic acids is 4. The number of nitrogens with zero attached hydrogens (tertiary/aromatic N) is 3. The van der Waals surface area contributed by atoms with E-state index in [1.807, 2.05) is 91.0 Å². The van der Waals surface area contributed by atoms with Crippen LogP contribution < -0.4 is 25.5 Å². The van der Waals surface area contributed by atoms with Gasteiger partial charge < -0.3 is 34.4 Å². The lowest BCUT2D eigenvalue weighted by Crippen LogP contribution is -2.71. The average molecular weight is 1170 g/mol. The van der Waals surface area contributed by atoms with E-state index < -0.39 is 79.2 Å². The fraction of sp³-hybridized carbons (Fsp3) is 0.169. The molecule has 0 radical (unpaired) electrons. The van der Waals surface area contributed by atoms with E-state index in [0.717, 1.165) is 28.5 Å². The van der Waals surface area contributed by atoms with Crippen molar-refractivity contribution in [1.82, 2.24) is 15.2 Å². The number of halogens is 3. The molecule has 2 atom stereocenters. The smallest absolute Gasteiger partial charge is 0.355 e. The first-order valence-corrected chi connectivity index (χ1v) is 28.4. The second-order valence-electron chi connectivity index (χ2n) is 18.0. The zero-order valence-corrected chi connectivity index (χ0v) is 46.4. The maximum atomic E-state index is 15.5. The molecule has 1 saturated heterocycles. The lowest BCUT2D eigenvalue weighted by atomic mass is 9.77. The summed E-state index contributed by atoms with van der Waals surface area (Å²) in [4.78, 5) is 82.4. The first kappa shape index (κ1) is 55.9. The van der Waals surface area contributed by atoms with Crippen molar-refractivity contribution in [3.05, 3.63) is 229 Å². The van der Waals surface area contributed by atoms with E-state index in [0.29, 0.717) is 50.7 Å². The number of esters is 2. The van der Waals surface area contributed by atoms with Gasteiger partial charge in [0.05, 0.1) is 23.1 Å². The minimum atomic E-state index is -1.82. The largest absolute Gasteiger partial charge is 0.497 e. The molecule has 1 unspecified atom stereocenters. The lowest BCUT2D eigenvalue weighted by molar-refractivity contribution is -0.153. The van der Waals surface area contributed by atoms with Crippen molar-refractivity contribution in [1.29, 1.82) is 0 Å². The zero-order chi connectivity index (χ0) is 56.8. The molecule has 2 aromatic heterocycles. The van der Waals surface area contributed by atoms with Gasteiger partial charge >= 0.3 is 11.9 Å². The van der Waals surface area contributed by atoms with Crippen LogP contribution in [-0.4, -0.2) is 83.6 Å². The number of hydrogen-bond donors (Lipinski definition) is 2. The van der Waals surface area contributed by atoms with Gasteiger partial charge in [-0.1, -0.05) is 120 Å². The topological polar surface area (TPSA) is 184 Å². The monoisotopic (exact) mass is 1170 g/mol. The van der Waals surface area contributed by atoms with Crippen molar-refractivity contribution in [2.75, 3.05) is 38.2 Å². The number of oxime groups is 1. The molecule has 1 fully saturated rings. The number of nitrogens with one attached hydrogen (secondary N) is 2. The van der Waals surface area contributed by atoms with Crippen LogP contribution in [0, 0.1) is 17.5 Å². The second-order valence-corrected chi connectivity index (χ2v) is 22.3. The van der Waals surface area contributed by atoms with Gasteiger partial charge in [0.25, 0.3) is 11.8 Å². The molecular formula is C59H46F3N5O10S4. The third-order valence-corrected chi connectivity index (χ3v) is 17.9. The van der Waals surface area contributed by atoms with Gasteiger partial charge in [-0.25, -0.2) is 27.7 Å². The molecule has 81 heavy (non-hydrogen) atoms. The van der Waals surface area contributed by atoms with Crippen molar-refractivity contribution in [2.45, 2.75) is 34.4 Å². The zero-order valence-electron chi connectivity index (χ0n) is 43.1. The summed E-state index contributed by atoms with van der Waals surface area (Å²) >= 11 is 3.77. The van der Waals surface area contributed by atoms with Gasteiger partial charge in [0.1, 0.15) is 65.7 Å². The SMILES string of the molecule is CO/N=C(\C(=O)NC1C(=O)N2C(C(=O)OCc3ccc(OC)cc3)=C(CSc3sc4c(F)c(F)c(F)cc4c(=O)c3C(=O)OCc3ccc(OC)cc3)CS[C@@H]12)c1csc(NC(c2ccccc2)(c2ccccc2)c2ccccc2)n1. The Hall–Kier alpha value is -8.44. The van der Waals surface area contributed by atoms with E-state index >= 15 is 4.39 Å². The van der Waals surface area contributed by atoms with Gasteiger partial charge in [-0.05, 0) is 63.7 Å². The summed E-state index contributed by atoms with van der Waals surface area (Å²) in [6.45, 7) is -0.530. The molecule has 22 heteroatoms. The fourth-order valence-corrected chi connectivity index (χ4v) is 13.9. The van der Waals surface area contributed by atoms with E-state index in [-0.39, 0.29) is 46.0 Å². The van der Waals surface area contributed by atoms with Crippen LogP contribution >= 0.6 is 46.2 Å². The molecule has 0 aliphatic carbocycles. The molecule has 4 heterocycles. The number of methoxy groups -OCH3 is 2. The van der Waals surface area contributed by atoms with Gasteiger partial charge in [-0.15, -0.1) is 46.2 Å². The highest BCUT2D eigenvalue weighted by Gasteiger charge is 2.55. The Labute approximate surface area is 477 Å². The Bertz CT molecular complexity index is 3700. The van der Waals surface area contributed by atoms with E-state index in [1.54, 1.807) is 53.9 Å². The van der Waals surface area contributed by atoms with Crippen LogP contribution in [0.5, 0.6) is 11.5 Å². The molecule has 8 aromatic rings. The Morgan fingerprint density at radius 1 is 0.753 bits per heavy atom. The fourth-order valence-electron chi connectivity index (χ4n) is 9.20. The Kier molecular flexibility index (Phi) is 16.9. The third kappa shape index (κ3) is 11.4. The highest BCUT2D eigenvalue weighted by molar-refractivity contribution is 8.02. The minimum absolute atomic E-state index is 0.0425. The van der Waals surface area contributed by atoms with Crippen LogP contribution in [0.25, 0.3) is 10.1 Å². The number of amides is 2. The predicted molar refractivity (Wildman–Crippen MR) is 304 cm³/mol. The van der Waals surface area contributed by atoms with Gasteiger partial charge in [-0.2, -0.15) is 0 Å². The molecular weight excluding hydrogens is 1120 g/mol. The predicted octanol–water partition coefficient (Wildman–Crippen LogP) is 10.5. The van der Waals surface area contributed by atoms with E-state index in [2.05, 4.69) is 15.8 Å². The van der Waals surface area contributed by atoms with Crippen LogP contribution in [0.4, 0.5) is 18.3 Å². The summed E-state index contributed by atoms with van der Waals surface area (Å²) in [7, 11) is 4.26. The number of anilines is 1. The van der Waals surface area contributed by atoms with Gasteiger partial charge in [-0.3, -0.25) is 19.3 Å². The van der Waals surface area contributed by atoms with Crippen molar-refractivity contribution < 1.29 is 56.1 Å². The van der Waals surface area contributed by atoms with Crippen LogP contribution in [0.3, 0.4) is 0 Å². The van der Waals surface area contributed by atoms with Crippen LogP contribution in [0.2, 0.25) is 0 Å². The Balaban J connectivity index is 0.934. The summed E-state index contributed by atoms with van der Waals surface area (Å²) in [5.41, 5.74) is 1.25. The molecule has 0 saturated carbocycles. The Morgan fingerprint density at radius 2 is 1.31 bits per heavy atom. The number of benzene rings is 6. The molecule has 15 nitrogen and oxygen atoms in total. The molecule has 2 aliphatic heterocycles. The maximum Gasteiger partial charge on any atom is 0.355 e. The first-order valence-electron chi connectivity index (χ1n) is 24.7. The normalized spacial score (nSPS) is 15.1. The second kappa shape index (κ2) is 24.5. The summed E-state index contributed by atoms with van der Waals surface area (Å²) in [6.07, 6.45) is 0. The van der Waals surface area contributed by atoms with Crippen molar-refractivity contribution in [3.8, 4) is 11.5 Å². The molecule has 2 aliphatic rings. The highest BCUT2D eigenvalue weighted by atomic mass is 32.2. The van der Waals surface area contributed by atoms with Crippen LogP contribution in [-0.2, 0) is 47.4 Å². The number of hydrogen-bond acceptors (Lipinski definition) is 17. The van der Waals surface area contributed by atoms with E-state index in [9.17, 15) is 32.8 Å². The van der Waals surface area contributed by atoms with Gasteiger partial charge in [0, 0.05) is 22.3 Å². The molecule has 412 valence electrons. The molecule has 10 rings (SSSR count). The lowest BCUT2D eigenvalue weighted by Gasteiger charge is -2.49. The third-order valence-electron chi connectivity index (χ3n) is 13.2. The molecule has 2 N–H and O–H groups in total. The molecule has 0 bridgehead atoms. The summed E-state index contributed by atoms with van der Waals surface area (Å²) in [6, 6.07) is 42.2. The number of rotatable bonds is 20.